The highest BCUT2D eigenvalue weighted by molar-refractivity contribution is 6.52. The number of hydrogen-bond acceptors (Lipinski definition) is 5. The van der Waals surface area contributed by atoms with Crippen LogP contribution in [0, 0.1) is 0 Å². The number of hydrogen-bond donors (Lipinski definition) is 2. The normalized spacial score (nSPS) is 26.1. The number of nitrogens with one attached hydrogen (secondary N) is 1. The summed E-state index contributed by atoms with van der Waals surface area (Å²) in [5.74, 6) is -3.54. The lowest BCUT2D eigenvalue weighted by molar-refractivity contribution is -0.133. The van der Waals surface area contributed by atoms with E-state index in [1.54, 1.807) is 0 Å². The molecule has 24 heavy (non-hydrogen) atoms. The number of rotatable bonds is 1. The lowest BCUT2D eigenvalue weighted by Crippen LogP contribution is -2.61. The van der Waals surface area contributed by atoms with E-state index in [0.29, 0.717) is 4.90 Å². The van der Waals surface area contributed by atoms with E-state index in [2.05, 4.69) is 0 Å². The van der Waals surface area contributed by atoms with E-state index < -0.39 is 34.3 Å². The molecule has 2 heterocycles. The number of carbonyl (C=O) groups is 4. The van der Waals surface area contributed by atoms with Crippen molar-refractivity contribution in [3.63, 3.8) is 0 Å². The Kier molecular flexibility index (Phi) is 3.40. The Bertz CT molecular complexity index is 810. The Morgan fingerprint density at radius 3 is 2.29 bits per heavy atom. The van der Waals surface area contributed by atoms with Crippen molar-refractivity contribution in [2.24, 2.45) is 0 Å². The second-order valence-electron chi connectivity index (χ2n) is 5.96. The Hall–Kier alpha value is -2.51. The maximum atomic E-state index is 12.7. The van der Waals surface area contributed by atoms with Crippen LogP contribution in [0.1, 0.15) is 33.6 Å². The van der Waals surface area contributed by atoms with Crippen molar-refractivity contribution in [1.82, 2.24) is 10.2 Å². The molecule has 1 atom stereocenters. The summed E-state index contributed by atoms with van der Waals surface area (Å²) in [6.45, 7) is 0. The Balaban J connectivity index is 2.07. The monoisotopic (exact) mass is 317 g/mol. The summed E-state index contributed by atoms with van der Waals surface area (Å²) in [7, 11) is 17.3. The molecule has 1 aromatic carbocycles. The average Bonchev–Trinajstić information content (AvgIpc) is 2.73. The molecule has 0 bridgehead atoms. The second kappa shape index (κ2) is 4.99. The van der Waals surface area contributed by atoms with Crippen molar-refractivity contribution >= 4 is 52.9 Å². The number of nitrogen functional groups attached to an aromatic ring is 1. The second-order valence-corrected chi connectivity index (χ2v) is 5.96. The zero-order chi connectivity index (χ0) is 17.9. The summed E-state index contributed by atoms with van der Waals surface area (Å²) in [4.78, 5) is 50.1. The van der Waals surface area contributed by atoms with Gasteiger partial charge in [-0.15, -0.1) is 0 Å². The molecule has 3 rings (SSSR count). The fraction of sp³-hybridized carbons (Fsp3) is 0.286. The Morgan fingerprint density at radius 2 is 1.67 bits per heavy atom. The van der Waals surface area contributed by atoms with Gasteiger partial charge in [0.2, 0.25) is 11.8 Å². The number of carbonyl (C=O) groups excluding carboxylic acids is 4. The number of nitrogens with zero attached hydrogens (tertiary/aromatic N) is 1. The van der Waals surface area contributed by atoms with Gasteiger partial charge in [-0.3, -0.25) is 29.4 Å². The van der Waals surface area contributed by atoms with Crippen LogP contribution < -0.4 is 11.1 Å². The van der Waals surface area contributed by atoms with Crippen LogP contribution in [0.2, 0.25) is 5.21 Å². The molecule has 1 saturated heterocycles. The van der Waals surface area contributed by atoms with E-state index in [-0.39, 0.29) is 29.7 Å². The molecule has 114 valence electrons. The molecule has 2 aliphatic heterocycles. The minimum Gasteiger partial charge on any atom is -0.398 e. The maximum Gasteiger partial charge on any atom is 0.263 e. The highest BCUT2D eigenvalue weighted by Gasteiger charge is 2.53. The molecule has 10 heteroatoms. The van der Waals surface area contributed by atoms with Gasteiger partial charge in [-0.2, -0.15) is 0 Å². The number of anilines is 1. The first-order valence-electron chi connectivity index (χ1n) is 7.09. The average molecular weight is 317 g/mol. The molecule has 0 aromatic heterocycles. The summed E-state index contributed by atoms with van der Waals surface area (Å²) >= 11 is 0. The van der Waals surface area contributed by atoms with Crippen molar-refractivity contribution in [1.29, 1.82) is 0 Å². The van der Waals surface area contributed by atoms with Gasteiger partial charge < -0.3 is 5.73 Å². The quantitative estimate of drug-likeness (QED) is 0.377. The van der Waals surface area contributed by atoms with E-state index >= 15 is 0 Å². The fourth-order valence-corrected chi connectivity index (χ4v) is 2.84. The van der Waals surface area contributed by atoms with Crippen molar-refractivity contribution in [2.75, 3.05) is 5.73 Å². The van der Waals surface area contributed by atoms with Crippen molar-refractivity contribution in [3.05, 3.63) is 29.3 Å². The van der Waals surface area contributed by atoms with Gasteiger partial charge >= 0.3 is 0 Å². The van der Waals surface area contributed by atoms with E-state index in [1.165, 1.54) is 18.2 Å². The van der Waals surface area contributed by atoms with Crippen LogP contribution in [0.5, 0.6) is 0 Å². The largest absolute Gasteiger partial charge is 0.398 e. The molecule has 7 nitrogen and oxygen atoms in total. The van der Waals surface area contributed by atoms with Gasteiger partial charge in [-0.25, -0.2) is 0 Å². The van der Waals surface area contributed by atoms with Crippen molar-refractivity contribution < 1.29 is 19.2 Å². The van der Waals surface area contributed by atoms with Crippen LogP contribution in [-0.2, 0) is 9.59 Å². The SMILES string of the molecule is [B]C1([B])CC[C@]([B])(N2C(=O)c3cccc(N)c3C2=O)C(=O)NC1=O. The summed E-state index contributed by atoms with van der Waals surface area (Å²) in [6.07, 6.45) is -0.479. The minimum atomic E-state index is -2.10. The zero-order valence-electron chi connectivity index (χ0n) is 12.5. The summed E-state index contributed by atoms with van der Waals surface area (Å²) in [5.41, 5.74) is 3.76. The van der Waals surface area contributed by atoms with Gasteiger partial charge in [-0.05, 0) is 23.8 Å². The van der Waals surface area contributed by atoms with E-state index in [9.17, 15) is 19.2 Å². The Labute approximate surface area is 141 Å². The van der Waals surface area contributed by atoms with E-state index in [0.717, 1.165) is 0 Å². The predicted octanol–water partition coefficient (Wildman–Crippen LogP) is -1.38. The van der Waals surface area contributed by atoms with Crippen LogP contribution in [0.3, 0.4) is 0 Å². The van der Waals surface area contributed by atoms with Crippen LogP contribution in [0.25, 0.3) is 0 Å². The lowest BCUT2D eigenvalue weighted by Gasteiger charge is -2.35. The first kappa shape index (κ1) is 16.4. The van der Waals surface area contributed by atoms with Gasteiger partial charge in [-0.1, -0.05) is 12.5 Å². The molecule has 0 spiro atoms. The smallest absolute Gasteiger partial charge is 0.263 e. The van der Waals surface area contributed by atoms with Crippen LogP contribution in [0.4, 0.5) is 5.69 Å². The van der Waals surface area contributed by atoms with Crippen molar-refractivity contribution in [2.45, 2.75) is 23.5 Å². The maximum absolute atomic E-state index is 12.7. The molecule has 1 aromatic rings. The number of fused-ring (bicyclic) bond motifs is 1. The standard InChI is InChI=1S/C14H10B3N3O4/c15-13(16)4-5-14(17,12(24)19-11(13)23)20-9(21)6-2-1-3-7(18)8(6)10(20)22/h1-3H,4-5,18H2,(H,19,23,24)/t14-/m0/s1. The lowest BCUT2D eigenvalue weighted by atomic mass is 9.51. The minimum absolute atomic E-state index is 0.0255. The third kappa shape index (κ3) is 2.09. The number of nitrogens with two attached hydrogens (primary N) is 1. The van der Waals surface area contributed by atoms with Gasteiger partial charge in [0.05, 0.1) is 32.3 Å². The molecule has 0 unspecified atom stereocenters. The van der Waals surface area contributed by atoms with Gasteiger partial charge in [0.25, 0.3) is 11.8 Å². The topological polar surface area (TPSA) is 110 Å². The summed E-state index contributed by atoms with van der Waals surface area (Å²) in [5, 5.41) is 0.113. The molecule has 0 aliphatic carbocycles. The number of imide groups is 2. The molecule has 3 N–H and O–H groups in total. The van der Waals surface area contributed by atoms with E-state index in [1.807, 2.05) is 5.32 Å². The van der Waals surface area contributed by atoms with Crippen LogP contribution in [0.15, 0.2) is 18.2 Å². The van der Waals surface area contributed by atoms with Crippen LogP contribution in [-0.4, -0.2) is 57.5 Å². The predicted molar refractivity (Wildman–Crippen MR) is 86.4 cm³/mol. The van der Waals surface area contributed by atoms with Gasteiger partial charge in [0.1, 0.15) is 7.85 Å². The highest BCUT2D eigenvalue weighted by atomic mass is 16.2. The highest BCUT2D eigenvalue weighted by Crippen LogP contribution is 2.38. The molecule has 0 saturated carbocycles. The molecule has 1 fully saturated rings. The molecule has 4 amide bonds. The first-order valence-corrected chi connectivity index (χ1v) is 7.09. The molecular weight excluding hydrogens is 307 g/mol. The fourth-order valence-electron chi connectivity index (χ4n) is 2.84. The number of amides is 4. The molecule has 2 aliphatic rings. The van der Waals surface area contributed by atoms with Crippen molar-refractivity contribution in [3.8, 4) is 0 Å². The molecular formula is C14H10B3N3O4. The Morgan fingerprint density at radius 1 is 1.00 bits per heavy atom. The summed E-state index contributed by atoms with van der Waals surface area (Å²) < 4.78 is 0. The third-order valence-corrected chi connectivity index (χ3v) is 4.31. The van der Waals surface area contributed by atoms with E-state index in [4.69, 9.17) is 29.3 Å². The molecule has 6 radical (unpaired) electrons. The summed E-state index contributed by atoms with van der Waals surface area (Å²) in [6, 6.07) is 4.37. The van der Waals surface area contributed by atoms with Crippen LogP contribution >= 0.6 is 0 Å². The van der Waals surface area contributed by atoms with Gasteiger partial charge in [0, 0.05) is 5.69 Å². The van der Waals surface area contributed by atoms with Gasteiger partial charge in [0.15, 0.2) is 0 Å². The first-order chi connectivity index (χ1) is 11.1. The number of benzene rings is 1. The third-order valence-electron chi connectivity index (χ3n) is 4.31. The zero-order valence-corrected chi connectivity index (χ0v) is 12.5.